The van der Waals surface area contributed by atoms with E-state index in [2.05, 4.69) is 10.3 Å². The molecule has 0 saturated heterocycles. The third-order valence-corrected chi connectivity index (χ3v) is 3.04. The number of halogens is 1. The van der Waals surface area contributed by atoms with E-state index in [-0.39, 0.29) is 5.91 Å². The lowest BCUT2D eigenvalue weighted by Crippen LogP contribution is -2.15. The minimum atomic E-state index is -0.325. The average Bonchev–Trinajstić information content (AvgIpc) is 2.42. The normalized spacial score (nSPS) is 10.2. The monoisotopic (exact) mass is 291 g/mol. The van der Waals surface area contributed by atoms with Crippen molar-refractivity contribution in [2.45, 2.75) is 6.92 Å². The van der Waals surface area contributed by atoms with Gasteiger partial charge < -0.3 is 15.8 Å². The summed E-state index contributed by atoms with van der Waals surface area (Å²) in [6.07, 6.45) is 0. The first kappa shape index (κ1) is 14.1. The van der Waals surface area contributed by atoms with Gasteiger partial charge in [0.25, 0.3) is 5.91 Å². The number of aryl methyl sites for hydroxylation is 1. The third kappa shape index (κ3) is 2.83. The lowest BCUT2D eigenvalue weighted by Gasteiger charge is -2.11. The molecule has 0 unspecified atom stereocenters. The second-order valence-electron chi connectivity index (χ2n) is 4.14. The Morgan fingerprint density at radius 2 is 2.10 bits per heavy atom. The topological polar surface area (TPSA) is 77.2 Å². The quantitative estimate of drug-likeness (QED) is 0.673. The number of hydrogen-bond acceptors (Lipinski definition) is 4. The summed E-state index contributed by atoms with van der Waals surface area (Å²) in [5.74, 6) is 0.136. The van der Waals surface area contributed by atoms with E-state index in [1.54, 1.807) is 37.3 Å². The Bertz CT molecular complexity index is 659. The number of nitrogen functional groups attached to an aromatic ring is 1. The molecule has 0 fully saturated rings. The Balaban J connectivity index is 2.28. The van der Waals surface area contributed by atoms with Gasteiger partial charge >= 0.3 is 0 Å². The van der Waals surface area contributed by atoms with Crippen molar-refractivity contribution in [3.05, 3.63) is 46.7 Å². The molecule has 0 radical (unpaired) electrons. The van der Waals surface area contributed by atoms with Crippen molar-refractivity contribution in [2.75, 3.05) is 18.2 Å². The van der Waals surface area contributed by atoms with Crippen molar-refractivity contribution in [1.29, 1.82) is 0 Å². The van der Waals surface area contributed by atoms with Crippen molar-refractivity contribution >= 4 is 28.9 Å². The van der Waals surface area contributed by atoms with E-state index in [1.807, 2.05) is 0 Å². The summed E-state index contributed by atoms with van der Waals surface area (Å²) in [6.45, 7) is 1.76. The van der Waals surface area contributed by atoms with Gasteiger partial charge in [-0.05, 0) is 31.2 Å². The molecule has 0 aliphatic rings. The van der Waals surface area contributed by atoms with Crippen LogP contribution in [0.2, 0.25) is 5.15 Å². The number of carbonyl (C=O) groups excluding carboxylic acids is 1. The van der Waals surface area contributed by atoms with Crippen molar-refractivity contribution in [1.82, 2.24) is 4.98 Å². The minimum absolute atomic E-state index is 0.298. The molecular formula is C14H14ClN3O2. The average molecular weight is 292 g/mol. The van der Waals surface area contributed by atoms with Crippen molar-refractivity contribution < 1.29 is 9.53 Å². The van der Waals surface area contributed by atoms with E-state index < -0.39 is 0 Å². The standard InChI is InChI=1S/C14H14ClN3O2/c1-8-10(6-7-12(15)17-8)18-14(19)9-4-3-5-11(20-2)13(9)16/h3-7H,16H2,1-2H3,(H,18,19). The Morgan fingerprint density at radius 1 is 1.35 bits per heavy atom. The molecule has 0 aliphatic carbocycles. The van der Waals surface area contributed by atoms with Crippen LogP contribution in [-0.4, -0.2) is 18.0 Å². The maximum Gasteiger partial charge on any atom is 0.257 e. The summed E-state index contributed by atoms with van der Waals surface area (Å²) in [5, 5.41) is 3.13. The number of para-hydroxylation sites is 1. The minimum Gasteiger partial charge on any atom is -0.495 e. The zero-order chi connectivity index (χ0) is 14.7. The third-order valence-electron chi connectivity index (χ3n) is 2.83. The molecule has 0 saturated carbocycles. The molecule has 1 aromatic carbocycles. The summed E-state index contributed by atoms with van der Waals surface area (Å²) in [4.78, 5) is 16.3. The molecule has 0 spiro atoms. The highest BCUT2D eigenvalue weighted by atomic mass is 35.5. The first-order valence-electron chi connectivity index (χ1n) is 5.90. The Morgan fingerprint density at radius 3 is 2.75 bits per heavy atom. The van der Waals surface area contributed by atoms with Gasteiger partial charge in [-0.25, -0.2) is 4.98 Å². The summed E-state index contributed by atoms with van der Waals surface area (Å²) in [7, 11) is 1.50. The molecule has 3 N–H and O–H groups in total. The van der Waals surface area contributed by atoms with Gasteiger partial charge in [-0.2, -0.15) is 0 Å². The van der Waals surface area contributed by atoms with E-state index in [0.717, 1.165) is 0 Å². The van der Waals surface area contributed by atoms with Crippen molar-refractivity contribution in [2.24, 2.45) is 0 Å². The number of benzene rings is 1. The summed E-state index contributed by atoms with van der Waals surface area (Å²) < 4.78 is 5.09. The summed E-state index contributed by atoms with van der Waals surface area (Å²) in [6, 6.07) is 8.34. The SMILES string of the molecule is COc1cccc(C(=O)Nc2ccc(Cl)nc2C)c1N. The van der Waals surface area contributed by atoms with Crippen molar-refractivity contribution in [3.8, 4) is 5.75 Å². The number of pyridine rings is 1. The van der Waals surface area contributed by atoms with Crippen LogP contribution in [0, 0.1) is 6.92 Å². The number of nitrogens with zero attached hydrogens (tertiary/aromatic N) is 1. The van der Waals surface area contributed by atoms with Crippen molar-refractivity contribution in [3.63, 3.8) is 0 Å². The van der Waals surface area contributed by atoms with Gasteiger partial charge in [0.2, 0.25) is 0 Å². The van der Waals surface area contributed by atoms with Crippen LogP contribution < -0.4 is 15.8 Å². The first-order valence-corrected chi connectivity index (χ1v) is 6.27. The summed E-state index contributed by atoms with van der Waals surface area (Å²) in [5.41, 5.74) is 7.75. The zero-order valence-corrected chi connectivity index (χ0v) is 11.9. The number of anilines is 2. The lowest BCUT2D eigenvalue weighted by molar-refractivity contribution is 0.102. The number of rotatable bonds is 3. The van der Waals surface area contributed by atoms with Crippen LogP contribution in [-0.2, 0) is 0 Å². The molecule has 1 aromatic heterocycles. The molecule has 20 heavy (non-hydrogen) atoms. The number of methoxy groups -OCH3 is 1. The molecule has 2 rings (SSSR count). The highest BCUT2D eigenvalue weighted by Gasteiger charge is 2.14. The highest BCUT2D eigenvalue weighted by molar-refractivity contribution is 6.29. The fourth-order valence-corrected chi connectivity index (χ4v) is 1.96. The first-order chi connectivity index (χ1) is 9.52. The maximum absolute atomic E-state index is 12.2. The van der Waals surface area contributed by atoms with E-state index in [9.17, 15) is 4.79 Å². The number of aromatic nitrogens is 1. The highest BCUT2D eigenvalue weighted by Crippen LogP contribution is 2.26. The van der Waals surface area contributed by atoms with Crippen LogP contribution in [0.5, 0.6) is 5.75 Å². The van der Waals surface area contributed by atoms with E-state index in [0.29, 0.717) is 33.5 Å². The Kier molecular flexibility index (Phi) is 4.10. The smallest absolute Gasteiger partial charge is 0.257 e. The van der Waals surface area contributed by atoms with Gasteiger partial charge in [-0.15, -0.1) is 0 Å². The van der Waals surface area contributed by atoms with Crippen LogP contribution in [0.25, 0.3) is 0 Å². The molecule has 2 aromatic rings. The van der Waals surface area contributed by atoms with Gasteiger partial charge in [0.1, 0.15) is 10.9 Å². The van der Waals surface area contributed by atoms with Gasteiger partial charge in [0.05, 0.1) is 29.7 Å². The van der Waals surface area contributed by atoms with Crippen LogP contribution in [0.1, 0.15) is 16.1 Å². The molecule has 5 nitrogen and oxygen atoms in total. The van der Waals surface area contributed by atoms with Gasteiger partial charge in [0.15, 0.2) is 0 Å². The number of hydrogen-bond donors (Lipinski definition) is 2. The number of amides is 1. The van der Waals surface area contributed by atoms with Gasteiger partial charge in [0, 0.05) is 0 Å². The predicted molar refractivity (Wildman–Crippen MR) is 79.3 cm³/mol. The molecule has 0 bridgehead atoms. The second-order valence-corrected chi connectivity index (χ2v) is 4.53. The number of nitrogens with two attached hydrogens (primary N) is 1. The summed E-state index contributed by atoms with van der Waals surface area (Å²) >= 11 is 5.77. The van der Waals surface area contributed by atoms with Gasteiger partial charge in [-0.1, -0.05) is 17.7 Å². The maximum atomic E-state index is 12.2. The van der Waals surface area contributed by atoms with E-state index >= 15 is 0 Å². The molecule has 0 aliphatic heterocycles. The van der Waals surface area contributed by atoms with Gasteiger partial charge in [-0.3, -0.25) is 4.79 Å². The van der Waals surface area contributed by atoms with E-state index in [4.69, 9.17) is 22.1 Å². The van der Waals surface area contributed by atoms with E-state index in [1.165, 1.54) is 7.11 Å². The van der Waals surface area contributed by atoms with Crippen LogP contribution in [0.15, 0.2) is 30.3 Å². The Hall–Kier alpha value is -2.27. The fourth-order valence-electron chi connectivity index (χ4n) is 1.77. The number of nitrogens with one attached hydrogen (secondary N) is 1. The van der Waals surface area contributed by atoms with Crippen LogP contribution in [0.4, 0.5) is 11.4 Å². The largest absolute Gasteiger partial charge is 0.495 e. The molecule has 1 amide bonds. The molecule has 1 heterocycles. The van der Waals surface area contributed by atoms with Crippen LogP contribution >= 0.6 is 11.6 Å². The molecule has 6 heteroatoms. The predicted octanol–water partition coefficient (Wildman–Crippen LogP) is 2.89. The second kappa shape index (κ2) is 5.79. The fraction of sp³-hybridized carbons (Fsp3) is 0.143. The van der Waals surface area contributed by atoms with Crippen LogP contribution in [0.3, 0.4) is 0 Å². The Labute approximate surface area is 121 Å². The lowest BCUT2D eigenvalue weighted by atomic mass is 10.1. The zero-order valence-electron chi connectivity index (χ0n) is 11.1. The number of ether oxygens (including phenoxy) is 1. The number of carbonyl (C=O) groups is 1. The molecule has 0 atom stereocenters. The molecule has 104 valence electrons. The molecular weight excluding hydrogens is 278 g/mol.